The zero-order valence-electron chi connectivity index (χ0n) is 15.6. The summed E-state index contributed by atoms with van der Waals surface area (Å²) in [6.45, 7) is 0. The fourth-order valence-corrected chi connectivity index (χ4v) is 3.97. The highest BCUT2D eigenvalue weighted by Crippen LogP contribution is 2.33. The van der Waals surface area contributed by atoms with Gasteiger partial charge in [0.05, 0.1) is 17.2 Å². The summed E-state index contributed by atoms with van der Waals surface area (Å²) < 4.78 is 31.4. The van der Waals surface area contributed by atoms with Crippen LogP contribution in [-0.2, 0) is 7.05 Å². The van der Waals surface area contributed by atoms with E-state index in [2.05, 4.69) is 36.8 Å². The van der Waals surface area contributed by atoms with Gasteiger partial charge in [-0.3, -0.25) is 9.48 Å². The Morgan fingerprint density at radius 1 is 1.31 bits per heavy atom. The highest BCUT2D eigenvalue weighted by atomic mass is 79.9. The van der Waals surface area contributed by atoms with Gasteiger partial charge in [0.25, 0.3) is 11.8 Å². The lowest BCUT2D eigenvalue weighted by Crippen LogP contribution is -2.55. The lowest BCUT2D eigenvalue weighted by Gasteiger charge is -2.36. The molecule has 3 heterocycles. The Balaban J connectivity index is 1.58. The molecule has 3 aromatic rings. The monoisotopic (exact) mass is 467 g/mol. The van der Waals surface area contributed by atoms with Gasteiger partial charge in [-0.05, 0) is 53.0 Å². The summed E-state index contributed by atoms with van der Waals surface area (Å²) in [6.07, 6.45) is 2.38. The van der Waals surface area contributed by atoms with Crippen molar-refractivity contribution in [3.8, 4) is 0 Å². The molecule has 0 saturated heterocycles. The number of carbonyl (C=O) groups is 1. The Morgan fingerprint density at radius 2 is 2.07 bits per heavy atom. The second-order valence-electron chi connectivity index (χ2n) is 7.17. The second-order valence-corrected chi connectivity index (χ2v) is 7.92. The smallest absolute Gasteiger partial charge is 0.274 e. The van der Waals surface area contributed by atoms with Gasteiger partial charge in [0.1, 0.15) is 11.5 Å². The Bertz CT molecular complexity index is 1060. The highest BCUT2D eigenvalue weighted by Gasteiger charge is 2.44. The van der Waals surface area contributed by atoms with E-state index in [-0.39, 0.29) is 12.3 Å². The van der Waals surface area contributed by atoms with Crippen LogP contribution in [0.15, 0.2) is 35.1 Å². The molecule has 0 aliphatic heterocycles. The molecular weight excluding hydrogens is 448 g/mol. The zero-order valence-corrected chi connectivity index (χ0v) is 17.2. The maximum Gasteiger partial charge on any atom is 0.274 e. The van der Waals surface area contributed by atoms with E-state index in [1.54, 1.807) is 42.2 Å². The van der Waals surface area contributed by atoms with Crippen LogP contribution in [0.1, 0.15) is 29.8 Å². The molecular formula is C18H20BrF2N7O. The number of rotatable bonds is 4. The number of hydrogen-bond acceptors (Lipinski definition) is 5. The minimum atomic E-state index is -2.91. The van der Waals surface area contributed by atoms with E-state index >= 15 is 0 Å². The Hall–Kier alpha value is -2.53. The van der Waals surface area contributed by atoms with Gasteiger partial charge in [-0.2, -0.15) is 5.10 Å². The number of fused-ring (bicyclic) bond motifs is 1. The van der Waals surface area contributed by atoms with E-state index in [0.29, 0.717) is 40.2 Å². The molecule has 1 fully saturated rings. The summed E-state index contributed by atoms with van der Waals surface area (Å²) in [5.74, 6) is -2.90. The van der Waals surface area contributed by atoms with Crippen molar-refractivity contribution in [1.29, 1.82) is 0 Å². The zero-order chi connectivity index (χ0) is 20.8. The van der Waals surface area contributed by atoms with Crippen LogP contribution in [0, 0.1) is 0 Å². The number of aromatic nitrogens is 4. The van der Waals surface area contributed by atoms with Crippen molar-refractivity contribution < 1.29 is 13.6 Å². The van der Waals surface area contributed by atoms with Crippen molar-refractivity contribution in [3.05, 3.63) is 40.8 Å². The van der Waals surface area contributed by atoms with Crippen LogP contribution >= 0.6 is 15.9 Å². The van der Waals surface area contributed by atoms with E-state index < -0.39 is 18.0 Å². The van der Waals surface area contributed by atoms with Crippen molar-refractivity contribution in [3.63, 3.8) is 0 Å². The predicted octanol–water partition coefficient (Wildman–Crippen LogP) is 3.01. The van der Waals surface area contributed by atoms with Crippen LogP contribution in [-0.4, -0.2) is 43.3 Å². The molecule has 2 atom stereocenters. The largest absolute Gasteiger partial charge is 0.364 e. The summed E-state index contributed by atoms with van der Waals surface area (Å²) in [4.78, 5) is 12.7. The molecule has 0 aromatic carbocycles. The molecule has 0 unspecified atom stereocenters. The number of nitrogens with zero attached hydrogens (tertiary/aromatic N) is 4. The summed E-state index contributed by atoms with van der Waals surface area (Å²) in [5, 5.41) is 14.3. The number of alkyl halides is 2. The normalized spacial score (nSPS) is 21.3. The topological polar surface area (TPSA) is 102 Å². The molecule has 154 valence electrons. The number of nitrogens with two attached hydrogens (primary N) is 1. The first-order chi connectivity index (χ1) is 13.7. The Morgan fingerprint density at radius 3 is 2.79 bits per heavy atom. The first kappa shape index (κ1) is 19.8. The molecule has 1 aliphatic rings. The lowest BCUT2D eigenvalue weighted by atomic mass is 9.87. The molecule has 4 N–H and O–H groups in total. The average molecular weight is 468 g/mol. The van der Waals surface area contributed by atoms with Gasteiger partial charge in [-0.25, -0.2) is 13.3 Å². The minimum absolute atomic E-state index is 0.204. The van der Waals surface area contributed by atoms with E-state index in [9.17, 15) is 13.6 Å². The molecule has 1 amide bonds. The SMILES string of the molecule is Cn1cc(NC(=O)c2ccc3ccc(N[C@@H]4CCCC(F)(F)[C@@H]4N)nn23)c(Br)n1. The fourth-order valence-electron chi connectivity index (χ4n) is 3.52. The summed E-state index contributed by atoms with van der Waals surface area (Å²) in [5.41, 5.74) is 7.28. The number of halogens is 3. The van der Waals surface area contributed by atoms with Crippen LogP contribution in [0.2, 0.25) is 0 Å². The molecule has 4 rings (SSSR count). The number of nitrogens with one attached hydrogen (secondary N) is 2. The average Bonchev–Trinajstić information content (AvgIpc) is 3.21. The molecule has 8 nitrogen and oxygen atoms in total. The van der Waals surface area contributed by atoms with Gasteiger partial charge in [0.2, 0.25) is 0 Å². The predicted molar refractivity (Wildman–Crippen MR) is 108 cm³/mol. The molecule has 1 aliphatic carbocycles. The van der Waals surface area contributed by atoms with Crippen LogP contribution < -0.4 is 16.4 Å². The summed E-state index contributed by atoms with van der Waals surface area (Å²) >= 11 is 3.29. The molecule has 1 saturated carbocycles. The molecule has 0 bridgehead atoms. The van der Waals surface area contributed by atoms with E-state index in [1.807, 2.05) is 0 Å². The van der Waals surface area contributed by atoms with E-state index in [1.165, 1.54) is 4.52 Å². The third-order valence-electron chi connectivity index (χ3n) is 5.05. The second kappa shape index (κ2) is 7.38. The molecule has 0 spiro atoms. The van der Waals surface area contributed by atoms with Crippen molar-refractivity contribution in [2.75, 3.05) is 10.6 Å². The Labute approximate surface area is 173 Å². The number of hydrogen-bond donors (Lipinski definition) is 3. The lowest BCUT2D eigenvalue weighted by molar-refractivity contribution is -0.0554. The van der Waals surface area contributed by atoms with Crippen molar-refractivity contribution in [1.82, 2.24) is 19.4 Å². The summed E-state index contributed by atoms with van der Waals surface area (Å²) in [7, 11) is 1.74. The summed E-state index contributed by atoms with van der Waals surface area (Å²) in [6, 6.07) is 4.97. The van der Waals surface area contributed by atoms with Crippen molar-refractivity contribution in [2.45, 2.75) is 37.3 Å². The molecule has 29 heavy (non-hydrogen) atoms. The van der Waals surface area contributed by atoms with Gasteiger partial charge in [0, 0.05) is 25.7 Å². The van der Waals surface area contributed by atoms with Crippen LogP contribution in [0.4, 0.5) is 20.3 Å². The van der Waals surface area contributed by atoms with Gasteiger partial charge in [-0.1, -0.05) is 0 Å². The molecule has 11 heteroatoms. The molecule has 0 radical (unpaired) electrons. The van der Waals surface area contributed by atoms with Crippen LogP contribution in [0.5, 0.6) is 0 Å². The fraction of sp³-hybridized carbons (Fsp3) is 0.389. The van der Waals surface area contributed by atoms with Gasteiger partial charge < -0.3 is 16.4 Å². The number of aryl methyl sites for hydroxylation is 1. The van der Waals surface area contributed by atoms with Crippen molar-refractivity contribution >= 4 is 38.9 Å². The van der Waals surface area contributed by atoms with Crippen molar-refractivity contribution in [2.24, 2.45) is 12.8 Å². The maximum atomic E-state index is 13.9. The highest BCUT2D eigenvalue weighted by molar-refractivity contribution is 9.10. The van der Waals surface area contributed by atoms with Crippen LogP contribution in [0.3, 0.4) is 0 Å². The number of anilines is 2. The minimum Gasteiger partial charge on any atom is -0.364 e. The third kappa shape index (κ3) is 3.84. The first-order valence-electron chi connectivity index (χ1n) is 9.14. The van der Waals surface area contributed by atoms with E-state index in [0.717, 1.165) is 0 Å². The number of amides is 1. The van der Waals surface area contributed by atoms with Gasteiger partial charge in [0.15, 0.2) is 4.60 Å². The van der Waals surface area contributed by atoms with Gasteiger partial charge >= 0.3 is 0 Å². The number of carbonyl (C=O) groups excluding carboxylic acids is 1. The van der Waals surface area contributed by atoms with Gasteiger partial charge in [-0.15, -0.1) is 5.10 Å². The Kier molecular flexibility index (Phi) is 5.03. The van der Waals surface area contributed by atoms with Crippen LogP contribution in [0.25, 0.3) is 5.52 Å². The van der Waals surface area contributed by atoms with E-state index in [4.69, 9.17) is 5.73 Å². The third-order valence-corrected chi connectivity index (χ3v) is 5.63. The molecule has 3 aromatic heterocycles. The first-order valence-corrected chi connectivity index (χ1v) is 9.93. The quantitative estimate of drug-likeness (QED) is 0.547. The standard InChI is InChI=1S/C18H20BrF2N7O/c1-27-9-12(16(19)26-27)24-17(29)13-6-4-10-5-7-14(25-28(10)13)23-11-3-2-8-18(20,21)15(11)22/h4-7,9,11,15H,2-3,8,22H2,1H3,(H,23,25)(H,24,29)/t11-,15-/m1/s1. The maximum absolute atomic E-state index is 13.9.